The van der Waals surface area contributed by atoms with Gasteiger partial charge in [-0.2, -0.15) is 0 Å². The molecule has 0 radical (unpaired) electrons. The molecule has 2 aromatic rings. The molecule has 1 saturated heterocycles. The third kappa shape index (κ3) is 6.05. The lowest BCUT2D eigenvalue weighted by Gasteiger charge is -2.37. The molecule has 168 valence electrons. The highest BCUT2D eigenvalue weighted by molar-refractivity contribution is 5.76. The van der Waals surface area contributed by atoms with E-state index in [2.05, 4.69) is 71.6 Å². The molecule has 1 atom stereocenters. The van der Waals surface area contributed by atoms with Crippen molar-refractivity contribution in [1.29, 1.82) is 0 Å². The highest BCUT2D eigenvalue weighted by Gasteiger charge is 2.26. The number of aromatic nitrogens is 2. The average Bonchev–Trinajstić information content (AvgIpc) is 2.68. The predicted molar refractivity (Wildman–Crippen MR) is 128 cm³/mol. The Kier molecular flexibility index (Phi) is 7.03. The van der Waals surface area contributed by atoms with Gasteiger partial charge in [-0.3, -0.25) is 4.79 Å². The molecule has 5 heteroatoms. The third-order valence-electron chi connectivity index (χ3n) is 6.06. The number of nitrogens with zero attached hydrogens (tertiary/aromatic N) is 4. The molecule has 0 unspecified atom stereocenters. The first-order valence-corrected chi connectivity index (χ1v) is 11.5. The molecule has 1 aliphatic rings. The molecule has 1 fully saturated rings. The molecule has 1 aromatic carbocycles. The summed E-state index contributed by atoms with van der Waals surface area (Å²) in [7, 11) is 0. The van der Waals surface area contributed by atoms with E-state index in [-0.39, 0.29) is 11.3 Å². The maximum atomic E-state index is 12.8. The number of carbonyl (C=O) groups is 1. The largest absolute Gasteiger partial charge is 0.353 e. The van der Waals surface area contributed by atoms with Gasteiger partial charge in [-0.25, -0.2) is 9.97 Å². The Morgan fingerprint density at radius 3 is 2.35 bits per heavy atom. The monoisotopic (exact) mass is 422 g/mol. The summed E-state index contributed by atoms with van der Waals surface area (Å²) in [5, 5.41) is 0. The molecule has 1 aromatic heterocycles. The minimum absolute atomic E-state index is 0.260. The molecule has 0 saturated carbocycles. The van der Waals surface area contributed by atoms with E-state index in [1.165, 1.54) is 5.56 Å². The lowest BCUT2D eigenvalue weighted by Crippen LogP contribution is -2.49. The number of anilines is 1. The molecule has 1 aliphatic heterocycles. The van der Waals surface area contributed by atoms with Crippen LogP contribution in [0.1, 0.15) is 57.4 Å². The lowest BCUT2D eigenvalue weighted by atomic mass is 9.84. The van der Waals surface area contributed by atoms with Crippen LogP contribution < -0.4 is 4.90 Å². The van der Waals surface area contributed by atoms with Gasteiger partial charge in [0.25, 0.3) is 0 Å². The average molecular weight is 423 g/mol. The van der Waals surface area contributed by atoms with E-state index in [0.717, 1.165) is 61.1 Å². The van der Waals surface area contributed by atoms with E-state index in [1.54, 1.807) is 0 Å². The number of hydrogen-bond acceptors (Lipinski definition) is 4. The number of carbonyl (C=O) groups excluding carboxylic acids is 1. The Hall–Kier alpha value is -2.43. The van der Waals surface area contributed by atoms with Gasteiger partial charge in [0.1, 0.15) is 5.82 Å². The summed E-state index contributed by atoms with van der Waals surface area (Å²) in [6.07, 6.45) is 1.71. The topological polar surface area (TPSA) is 49.3 Å². The molecule has 0 N–H and O–H groups in total. The van der Waals surface area contributed by atoms with Gasteiger partial charge in [0.05, 0.1) is 0 Å². The number of rotatable bonds is 5. The van der Waals surface area contributed by atoms with Crippen molar-refractivity contribution >= 4 is 11.7 Å². The van der Waals surface area contributed by atoms with Gasteiger partial charge in [-0.1, -0.05) is 51.5 Å². The Morgan fingerprint density at radius 2 is 1.74 bits per heavy atom. The fraction of sp³-hybridized carbons (Fsp3) is 0.577. The molecule has 0 bridgehead atoms. The van der Waals surface area contributed by atoms with Crippen LogP contribution in [0.5, 0.6) is 0 Å². The second-order valence-corrected chi connectivity index (χ2v) is 10.4. The standard InChI is InChI=1S/C26H38N4O/c1-18-9-8-10-22(15-18)24-27-21(4)20(3)25(28-24)30-13-11-29(12-14-30)23(31)16-19(2)17-26(5,6)7/h8-10,15,19H,11-14,16-17H2,1-7H3/t19-/m1/s1. The van der Waals surface area contributed by atoms with Crippen molar-refractivity contribution in [3.05, 3.63) is 41.1 Å². The van der Waals surface area contributed by atoms with Crippen LogP contribution in [-0.4, -0.2) is 47.0 Å². The van der Waals surface area contributed by atoms with Crippen LogP contribution in [0.25, 0.3) is 11.4 Å². The second kappa shape index (κ2) is 9.37. The molecule has 3 rings (SSSR count). The first-order valence-electron chi connectivity index (χ1n) is 11.5. The van der Waals surface area contributed by atoms with Crippen LogP contribution in [-0.2, 0) is 4.79 Å². The molecular weight excluding hydrogens is 384 g/mol. The van der Waals surface area contributed by atoms with Crippen molar-refractivity contribution in [2.45, 2.75) is 61.3 Å². The molecule has 5 nitrogen and oxygen atoms in total. The van der Waals surface area contributed by atoms with Crippen LogP contribution in [0.3, 0.4) is 0 Å². The van der Waals surface area contributed by atoms with Gasteiger partial charge in [0.2, 0.25) is 5.91 Å². The highest BCUT2D eigenvalue weighted by Crippen LogP contribution is 2.28. The zero-order chi connectivity index (χ0) is 22.8. The van der Waals surface area contributed by atoms with Crippen molar-refractivity contribution in [3.63, 3.8) is 0 Å². The maximum Gasteiger partial charge on any atom is 0.222 e. The third-order valence-corrected chi connectivity index (χ3v) is 6.06. The van der Waals surface area contributed by atoms with E-state index in [4.69, 9.17) is 9.97 Å². The first-order chi connectivity index (χ1) is 14.5. The Morgan fingerprint density at radius 1 is 1.06 bits per heavy atom. The number of piperazine rings is 1. The zero-order valence-corrected chi connectivity index (χ0v) is 20.3. The van der Waals surface area contributed by atoms with E-state index < -0.39 is 0 Å². The van der Waals surface area contributed by atoms with Crippen LogP contribution in [0.4, 0.5) is 5.82 Å². The Bertz CT molecular complexity index is 923. The van der Waals surface area contributed by atoms with Gasteiger partial charge >= 0.3 is 0 Å². The Labute approximate surface area is 187 Å². The van der Waals surface area contributed by atoms with Crippen molar-refractivity contribution in [3.8, 4) is 11.4 Å². The molecule has 31 heavy (non-hydrogen) atoms. The van der Waals surface area contributed by atoms with Crippen LogP contribution in [0.2, 0.25) is 0 Å². The molecule has 1 amide bonds. The first kappa shape index (κ1) is 23.2. The predicted octanol–water partition coefficient (Wildman–Crippen LogP) is 5.18. The van der Waals surface area contributed by atoms with Gasteiger partial charge < -0.3 is 9.80 Å². The summed E-state index contributed by atoms with van der Waals surface area (Å²) in [5.74, 6) is 2.47. The molecular formula is C26H38N4O. The molecule has 2 heterocycles. The van der Waals surface area contributed by atoms with Gasteiger partial charge in [-0.15, -0.1) is 0 Å². The van der Waals surface area contributed by atoms with Crippen molar-refractivity contribution < 1.29 is 4.79 Å². The van der Waals surface area contributed by atoms with Crippen molar-refractivity contribution in [1.82, 2.24) is 14.9 Å². The minimum Gasteiger partial charge on any atom is -0.353 e. The zero-order valence-electron chi connectivity index (χ0n) is 20.3. The Balaban J connectivity index is 1.68. The van der Waals surface area contributed by atoms with E-state index >= 15 is 0 Å². The van der Waals surface area contributed by atoms with Crippen molar-refractivity contribution in [2.24, 2.45) is 11.3 Å². The summed E-state index contributed by atoms with van der Waals surface area (Å²) < 4.78 is 0. The van der Waals surface area contributed by atoms with Gasteiger partial charge in [0.15, 0.2) is 5.82 Å². The summed E-state index contributed by atoms with van der Waals surface area (Å²) in [6, 6.07) is 8.33. The van der Waals surface area contributed by atoms with E-state index in [9.17, 15) is 4.79 Å². The number of aryl methyl sites for hydroxylation is 2. The normalized spacial score (nSPS) is 15.8. The number of benzene rings is 1. The van der Waals surface area contributed by atoms with E-state index in [0.29, 0.717) is 12.3 Å². The fourth-order valence-corrected chi connectivity index (χ4v) is 4.55. The lowest BCUT2D eigenvalue weighted by molar-refractivity contribution is -0.132. The van der Waals surface area contributed by atoms with Gasteiger partial charge in [-0.05, 0) is 44.6 Å². The number of amides is 1. The fourth-order valence-electron chi connectivity index (χ4n) is 4.55. The van der Waals surface area contributed by atoms with E-state index in [1.807, 2.05) is 11.0 Å². The highest BCUT2D eigenvalue weighted by atomic mass is 16.2. The smallest absolute Gasteiger partial charge is 0.222 e. The van der Waals surface area contributed by atoms with Crippen LogP contribution in [0.15, 0.2) is 24.3 Å². The summed E-state index contributed by atoms with van der Waals surface area (Å²) >= 11 is 0. The summed E-state index contributed by atoms with van der Waals surface area (Å²) in [5.41, 5.74) is 4.64. The minimum atomic E-state index is 0.260. The second-order valence-electron chi connectivity index (χ2n) is 10.4. The quantitative estimate of drug-likeness (QED) is 0.666. The SMILES string of the molecule is Cc1cccc(-c2nc(C)c(C)c(N3CCN(C(=O)C[C@@H](C)CC(C)(C)C)CC3)n2)c1. The molecule has 0 spiro atoms. The molecule has 0 aliphatic carbocycles. The number of hydrogen-bond donors (Lipinski definition) is 0. The van der Waals surface area contributed by atoms with Crippen molar-refractivity contribution in [2.75, 3.05) is 31.1 Å². The maximum absolute atomic E-state index is 12.8. The summed E-state index contributed by atoms with van der Waals surface area (Å²) in [6.45, 7) is 18.3. The van der Waals surface area contributed by atoms with Gasteiger partial charge in [0, 0.05) is 49.4 Å². The van der Waals surface area contributed by atoms with Crippen LogP contribution >= 0.6 is 0 Å². The van der Waals surface area contributed by atoms with Crippen LogP contribution in [0, 0.1) is 32.1 Å². The summed E-state index contributed by atoms with van der Waals surface area (Å²) in [4.78, 5) is 26.8.